The van der Waals surface area contributed by atoms with Crippen LogP contribution in [0.15, 0.2) is 23.4 Å². The van der Waals surface area contributed by atoms with Gasteiger partial charge in [0, 0.05) is 12.0 Å². The van der Waals surface area contributed by atoms with Gasteiger partial charge in [-0.3, -0.25) is 0 Å². The lowest BCUT2D eigenvalue weighted by molar-refractivity contribution is 0.210. The predicted molar refractivity (Wildman–Crippen MR) is 54.8 cm³/mol. The van der Waals surface area contributed by atoms with E-state index in [0.29, 0.717) is 6.61 Å². The van der Waals surface area contributed by atoms with Crippen molar-refractivity contribution in [1.82, 2.24) is 0 Å². The molecule has 0 radical (unpaired) electrons. The molecule has 3 nitrogen and oxygen atoms in total. The van der Waals surface area contributed by atoms with Crippen LogP contribution in [0.2, 0.25) is 0 Å². The third-order valence-electron chi connectivity index (χ3n) is 2.24. The van der Waals surface area contributed by atoms with Crippen molar-refractivity contribution in [2.45, 2.75) is 13.3 Å². The predicted octanol–water partition coefficient (Wildman–Crippen LogP) is 2.13. The molecule has 1 aliphatic rings. The van der Waals surface area contributed by atoms with E-state index in [-0.39, 0.29) is 0 Å². The summed E-state index contributed by atoms with van der Waals surface area (Å²) in [5.74, 6) is 0.901. The van der Waals surface area contributed by atoms with Gasteiger partial charge >= 0.3 is 0 Å². The second-order valence-corrected chi connectivity index (χ2v) is 3.32. The Balaban J connectivity index is 2.47. The number of nitrogens with zero attached hydrogens (tertiary/aromatic N) is 1. The Morgan fingerprint density at radius 3 is 3.07 bits per heavy atom. The molecule has 0 saturated carbocycles. The second-order valence-electron chi connectivity index (χ2n) is 3.32. The largest absolute Gasteiger partial charge is 0.492 e. The maximum atomic E-state index is 5.52. The van der Waals surface area contributed by atoms with E-state index >= 15 is 0 Å². The van der Waals surface area contributed by atoms with Gasteiger partial charge in [0.15, 0.2) is 0 Å². The molecule has 1 aromatic carbocycles. The van der Waals surface area contributed by atoms with Gasteiger partial charge in [0.25, 0.3) is 0 Å². The van der Waals surface area contributed by atoms with Gasteiger partial charge in [-0.2, -0.15) is 0 Å². The van der Waals surface area contributed by atoms with Crippen LogP contribution in [0, 0.1) is 6.92 Å². The zero-order valence-corrected chi connectivity index (χ0v) is 8.41. The minimum absolute atomic E-state index is 0.679. The molecule has 0 bridgehead atoms. The first-order chi connectivity index (χ1) is 6.81. The molecule has 0 saturated heterocycles. The average molecular weight is 191 g/mol. The van der Waals surface area contributed by atoms with Crippen molar-refractivity contribution >= 4 is 5.71 Å². The lowest BCUT2D eigenvalue weighted by Gasteiger charge is -2.18. The third-order valence-corrected chi connectivity index (χ3v) is 2.24. The first kappa shape index (κ1) is 9.06. The fraction of sp³-hybridized carbons (Fsp3) is 0.364. The van der Waals surface area contributed by atoms with E-state index in [4.69, 9.17) is 9.57 Å². The number of ether oxygens (including phenoxy) is 1. The maximum Gasteiger partial charge on any atom is 0.128 e. The summed E-state index contributed by atoms with van der Waals surface area (Å²) < 4.78 is 5.52. The van der Waals surface area contributed by atoms with Crippen molar-refractivity contribution in [1.29, 1.82) is 0 Å². The van der Waals surface area contributed by atoms with Crippen molar-refractivity contribution in [3.63, 3.8) is 0 Å². The Hall–Kier alpha value is -1.51. The topological polar surface area (TPSA) is 30.8 Å². The van der Waals surface area contributed by atoms with Gasteiger partial charge in [-0.15, -0.1) is 0 Å². The highest BCUT2D eigenvalue weighted by molar-refractivity contribution is 6.03. The Bertz CT molecular complexity index is 372. The van der Waals surface area contributed by atoms with E-state index in [2.05, 4.69) is 18.1 Å². The van der Waals surface area contributed by atoms with Crippen LogP contribution in [0.1, 0.15) is 17.5 Å². The summed E-state index contributed by atoms with van der Waals surface area (Å²) >= 11 is 0. The number of hydrogen-bond acceptors (Lipinski definition) is 3. The van der Waals surface area contributed by atoms with Gasteiger partial charge in [0.2, 0.25) is 0 Å². The smallest absolute Gasteiger partial charge is 0.128 e. The molecule has 0 N–H and O–H groups in total. The molecule has 3 heteroatoms. The minimum atomic E-state index is 0.679. The van der Waals surface area contributed by atoms with Crippen LogP contribution < -0.4 is 4.74 Å². The molecule has 1 aromatic rings. The van der Waals surface area contributed by atoms with Crippen LogP contribution in [0.25, 0.3) is 0 Å². The zero-order valence-electron chi connectivity index (χ0n) is 8.41. The van der Waals surface area contributed by atoms with Crippen LogP contribution in [-0.2, 0) is 4.84 Å². The van der Waals surface area contributed by atoms with Crippen molar-refractivity contribution in [2.24, 2.45) is 5.16 Å². The van der Waals surface area contributed by atoms with Gasteiger partial charge in [-0.25, -0.2) is 0 Å². The molecule has 0 spiro atoms. The molecule has 0 fully saturated rings. The summed E-state index contributed by atoms with van der Waals surface area (Å²) in [5.41, 5.74) is 3.23. The average Bonchev–Trinajstić information content (AvgIpc) is 2.19. The van der Waals surface area contributed by atoms with Gasteiger partial charge < -0.3 is 9.57 Å². The summed E-state index contributed by atoms with van der Waals surface area (Å²) in [6, 6.07) is 6.09. The van der Waals surface area contributed by atoms with E-state index < -0.39 is 0 Å². The van der Waals surface area contributed by atoms with E-state index in [1.54, 1.807) is 7.11 Å². The number of benzene rings is 1. The Morgan fingerprint density at radius 2 is 2.29 bits per heavy atom. The standard InChI is InChI=1S/C11H13NO2/c1-8-3-4-11-9(7-8)10(12-13-2)5-6-14-11/h3-4,7H,5-6H2,1-2H3/b12-10+. The monoisotopic (exact) mass is 191 g/mol. The van der Waals surface area contributed by atoms with Gasteiger partial charge in [-0.1, -0.05) is 16.8 Å². The van der Waals surface area contributed by atoms with Crippen LogP contribution in [0.3, 0.4) is 0 Å². The third kappa shape index (κ3) is 1.58. The highest BCUT2D eigenvalue weighted by Gasteiger charge is 2.16. The fourth-order valence-corrected chi connectivity index (χ4v) is 1.59. The Kier molecular flexibility index (Phi) is 2.39. The van der Waals surface area contributed by atoms with Crippen LogP contribution >= 0.6 is 0 Å². The van der Waals surface area contributed by atoms with Crippen LogP contribution in [0.4, 0.5) is 0 Å². The van der Waals surface area contributed by atoms with Crippen molar-refractivity contribution < 1.29 is 9.57 Å². The summed E-state index contributed by atoms with van der Waals surface area (Å²) in [6.07, 6.45) is 0.810. The Labute approximate surface area is 83.3 Å². The van der Waals surface area contributed by atoms with Gasteiger partial charge in [0.05, 0.1) is 12.3 Å². The number of oxime groups is 1. The van der Waals surface area contributed by atoms with Crippen molar-refractivity contribution in [3.8, 4) is 5.75 Å². The first-order valence-electron chi connectivity index (χ1n) is 4.65. The summed E-state index contributed by atoms with van der Waals surface area (Å²) in [7, 11) is 1.57. The summed E-state index contributed by atoms with van der Waals surface area (Å²) in [6.45, 7) is 2.73. The fourth-order valence-electron chi connectivity index (χ4n) is 1.59. The van der Waals surface area contributed by atoms with E-state index in [0.717, 1.165) is 23.4 Å². The molecule has 2 rings (SSSR count). The number of fused-ring (bicyclic) bond motifs is 1. The lowest BCUT2D eigenvalue weighted by atomic mass is 10.0. The van der Waals surface area contributed by atoms with Gasteiger partial charge in [-0.05, 0) is 19.1 Å². The first-order valence-corrected chi connectivity index (χ1v) is 4.65. The normalized spacial score (nSPS) is 17.4. The van der Waals surface area contributed by atoms with E-state index in [9.17, 15) is 0 Å². The number of hydrogen-bond donors (Lipinski definition) is 0. The molecule has 0 unspecified atom stereocenters. The van der Waals surface area contributed by atoms with E-state index in [1.165, 1.54) is 5.56 Å². The summed E-state index contributed by atoms with van der Waals surface area (Å²) in [4.78, 5) is 4.81. The second kappa shape index (κ2) is 3.70. The zero-order chi connectivity index (χ0) is 9.97. The maximum absolute atomic E-state index is 5.52. The molecular weight excluding hydrogens is 178 g/mol. The summed E-state index contributed by atoms with van der Waals surface area (Å²) in [5, 5.41) is 4.00. The molecule has 0 atom stereocenters. The molecule has 1 aliphatic heterocycles. The molecule has 1 heterocycles. The van der Waals surface area contributed by atoms with Crippen molar-refractivity contribution in [3.05, 3.63) is 29.3 Å². The highest BCUT2D eigenvalue weighted by Crippen LogP contribution is 2.25. The quantitative estimate of drug-likeness (QED) is 0.637. The number of aryl methyl sites for hydroxylation is 1. The SMILES string of the molecule is CO/N=C1\CCOc2ccc(C)cc21. The molecule has 74 valence electrons. The highest BCUT2D eigenvalue weighted by atomic mass is 16.6. The van der Waals surface area contributed by atoms with Crippen LogP contribution in [-0.4, -0.2) is 19.4 Å². The molecule has 14 heavy (non-hydrogen) atoms. The van der Waals surface area contributed by atoms with Gasteiger partial charge in [0.1, 0.15) is 12.9 Å². The molecular formula is C11H13NO2. The van der Waals surface area contributed by atoms with Crippen molar-refractivity contribution in [2.75, 3.05) is 13.7 Å². The molecule has 0 aromatic heterocycles. The van der Waals surface area contributed by atoms with Crippen LogP contribution in [0.5, 0.6) is 5.75 Å². The van der Waals surface area contributed by atoms with E-state index in [1.807, 2.05) is 12.1 Å². The minimum Gasteiger partial charge on any atom is -0.492 e. The number of rotatable bonds is 1. The Morgan fingerprint density at radius 1 is 1.43 bits per heavy atom. The molecule has 0 aliphatic carbocycles. The lowest BCUT2D eigenvalue weighted by Crippen LogP contribution is -2.16. The molecule has 0 amide bonds.